The molecule has 0 aliphatic carbocycles. The SMILES string of the molecule is CC(C)(C)c1cc(C(c2ccc(C#N)cc2)N2CCCCC2)c(O)c(C(C)(C)C)c1. The second-order valence-electron chi connectivity index (χ2n) is 10.7. The van der Waals surface area contributed by atoms with E-state index in [1.54, 1.807) is 0 Å². The Kier molecular flexibility index (Phi) is 6.29. The molecule has 160 valence electrons. The number of phenolic OH excluding ortho intramolecular Hbond substituents is 1. The van der Waals surface area contributed by atoms with E-state index >= 15 is 0 Å². The maximum Gasteiger partial charge on any atom is 0.124 e. The molecule has 30 heavy (non-hydrogen) atoms. The zero-order chi connectivity index (χ0) is 22.1. The van der Waals surface area contributed by atoms with Crippen LogP contribution < -0.4 is 0 Å². The third-order valence-corrected chi connectivity index (χ3v) is 6.22. The predicted molar refractivity (Wildman–Crippen MR) is 124 cm³/mol. The molecule has 1 N–H and O–H groups in total. The van der Waals surface area contributed by atoms with Gasteiger partial charge in [0.15, 0.2) is 0 Å². The summed E-state index contributed by atoms with van der Waals surface area (Å²) in [4.78, 5) is 2.50. The molecule has 1 aliphatic rings. The monoisotopic (exact) mass is 404 g/mol. The number of hydrogen-bond donors (Lipinski definition) is 1. The Morgan fingerprint density at radius 1 is 0.900 bits per heavy atom. The van der Waals surface area contributed by atoms with Crippen molar-refractivity contribution in [1.29, 1.82) is 5.26 Å². The van der Waals surface area contributed by atoms with Crippen molar-refractivity contribution in [2.75, 3.05) is 13.1 Å². The van der Waals surface area contributed by atoms with Gasteiger partial charge in [-0.05, 0) is 71.7 Å². The van der Waals surface area contributed by atoms with Crippen molar-refractivity contribution in [3.8, 4) is 11.8 Å². The molecular weight excluding hydrogens is 368 g/mol. The van der Waals surface area contributed by atoms with Crippen LogP contribution in [0.5, 0.6) is 5.75 Å². The lowest BCUT2D eigenvalue weighted by atomic mass is 9.77. The summed E-state index contributed by atoms with van der Waals surface area (Å²) in [6.07, 6.45) is 3.62. The number of aromatic hydroxyl groups is 1. The fourth-order valence-corrected chi connectivity index (χ4v) is 4.37. The van der Waals surface area contributed by atoms with Crippen LogP contribution in [0, 0.1) is 11.3 Å². The van der Waals surface area contributed by atoms with Gasteiger partial charge in [-0.3, -0.25) is 4.90 Å². The average molecular weight is 405 g/mol. The number of nitriles is 1. The van der Waals surface area contributed by atoms with Crippen LogP contribution in [0.25, 0.3) is 0 Å². The van der Waals surface area contributed by atoms with E-state index in [1.165, 1.54) is 24.8 Å². The van der Waals surface area contributed by atoms with Gasteiger partial charge in [0, 0.05) is 5.56 Å². The third-order valence-electron chi connectivity index (χ3n) is 6.22. The molecule has 3 rings (SSSR count). The van der Waals surface area contributed by atoms with Crippen LogP contribution in [0.4, 0.5) is 0 Å². The third kappa shape index (κ3) is 4.71. The number of benzene rings is 2. The molecule has 0 aromatic heterocycles. The lowest BCUT2D eigenvalue weighted by Crippen LogP contribution is -2.35. The van der Waals surface area contributed by atoms with Crippen LogP contribution in [0.15, 0.2) is 36.4 Å². The molecule has 1 aliphatic heterocycles. The summed E-state index contributed by atoms with van der Waals surface area (Å²) in [7, 11) is 0. The van der Waals surface area contributed by atoms with Gasteiger partial charge in [0.25, 0.3) is 0 Å². The number of likely N-dealkylation sites (tertiary alicyclic amines) is 1. The minimum atomic E-state index is -0.156. The highest BCUT2D eigenvalue weighted by atomic mass is 16.3. The number of nitrogens with zero attached hydrogens (tertiary/aromatic N) is 2. The Balaban J connectivity index is 2.24. The van der Waals surface area contributed by atoms with Crippen LogP contribution in [0.2, 0.25) is 0 Å². The van der Waals surface area contributed by atoms with Gasteiger partial charge in [-0.2, -0.15) is 5.26 Å². The van der Waals surface area contributed by atoms with E-state index in [1.807, 2.05) is 12.1 Å². The van der Waals surface area contributed by atoms with Crippen molar-refractivity contribution < 1.29 is 5.11 Å². The molecule has 3 heteroatoms. The topological polar surface area (TPSA) is 47.3 Å². The van der Waals surface area contributed by atoms with Gasteiger partial charge in [-0.1, -0.05) is 66.2 Å². The Morgan fingerprint density at radius 3 is 2.00 bits per heavy atom. The molecule has 1 heterocycles. The van der Waals surface area contributed by atoms with E-state index in [2.05, 4.69) is 76.8 Å². The standard InChI is InChI=1S/C27H36N2O/c1-26(2,3)21-16-22(25(30)23(17-21)27(4,5)6)24(29-14-8-7-9-15-29)20-12-10-19(18-28)11-13-20/h10-13,16-17,24,30H,7-9,14-15H2,1-6H3. The second kappa shape index (κ2) is 8.44. The van der Waals surface area contributed by atoms with E-state index < -0.39 is 0 Å². The zero-order valence-corrected chi connectivity index (χ0v) is 19.4. The van der Waals surface area contributed by atoms with Gasteiger partial charge < -0.3 is 5.11 Å². The molecule has 0 spiro atoms. The van der Waals surface area contributed by atoms with E-state index in [9.17, 15) is 10.4 Å². The lowest BCUT2D eigenvalue weighted by Gasteiger charge is -2.37. The lowest BCUT2D eigenvalue weighted by molar-refractivity contribution is 0.184. The Bertz CT molecular complexity index is 918. The number of phenols is 1. The smallest absolute Gasteiger partial charge is 0.124 e. The van der Waals surface area contributed by atoms with Crippen LogP contribution in [0.1, 0.15) is 94.7 Å². The minimum Gasteiger partial charge on any atom is -0.507 e. The second-order valence-corrected chi connectivity index (χ2v) is 10.7. The van der Waals surface area contributed by atoms with Crippen LogP contribution in [-0.4, -0.2) is 23.1 Å². The van der Waals surface area contributed by atoms with Gasteiger partial charge in [-0.15, -0.1) is 0 Å². The minimum absolute atomic E-state index is 0.0126. The molecule has 2 aromatic rings. The summed E-state index contributed by atoms with van der Waals surface area (Å²) < 4.78 is 0. The number of piperidine rings is 1. The van der Waals surface area contributed by atoms with Gasteiger partial charge >= 0.3 is 0 Å². The van der Waals surface area contributed by atoms with Crippen molar-refractivity contribution in [2.45, 2.75) is 77.7 Å². The molecule has 0 bridgehead atoms. The van der Waals surface area contributed by atoms with Gasteiger partial charge in [0.05, 0.1) is 17.7 Å². The van der Waals surface area contributed by atoms with Crippen molar-refractivity contribution in [2.24, 2.45) is 0 Å². The van der Waals surface area contributed by atoms with Crippen molar-refractivity contribution in [1.82, 2.24) is 4.90 Å². The highest BCUT2D eigenvalue weighted by Crippen LogP contribution is 2.43. The summed E-state index contributed by atoms with van der Waals surface area (Å²) in [6, 6.07) is 14.5. The van der Waals surface area contributed by atoms with Crippen molar-refractivity contribution in [3.63, 3.8) is 0 Å². The van der Waals surface area contributed by atoms with Gasteiger partial charge in [0.2, 0.25) is 0 Å². The normalized spacial score (nSPS) is 16.8. The first kappa shape index (κ1) is 22.4. The molecule has 0 radical (unpaired) electrons. The quantitative estimate of drug-likeness (QED) is 0.641. The summed E-state index contributed by atoms with van der Waals surface area (Å²) in [6.45, 7) is 15.2. The molecule has 1 fully saturated rings. The van der Waals surface area contributed by atoms with E-state index in [0.717, 1.165) is 29.8 Å². The first-order valence-electron chi connectivity index (χ1n) is 11.1. The molecule has 1 unspecified atom stereocenters. The Morgan fingerprint density at radius 2 is 1.50 bits per heavy atom. The summed E-state index contributed by atoms with van der Waals surface area (Å²) >= 11 is 0. The van der Waals surface area contributed by atoms with Crippen LogP contribution in [-0.2, 0) is 10.8 Å². The molecule has 3 nitrogen and oxygen atoms in total. The fraction of sp³-hybridized carbons (Fsp3) is 0.519. The van der Waals surface area contributed by atoms with Crippen LogP contribution >= 0.6 is 0 Å². The van der Waals surface area contributed by atoms with Gasteiger partial charge in [0.1, 0.15) is 5.75 Å². The average Bonchev–Trinajstić information content (AvgIpc) is 2.69. The van der Waals surface area contributed by atoms with E-state index in [-0.39, 0.29) is 16.9 Å². The highest BCUT2D eigenvalue weighted by Gasteiger charge is 2.31. The fourth-order valence-electron chi connectivity index (χ4n) is 4.37. The van der Waals surface area contributed by atoms with Crippen LogP contribution in [0.3, 0.4) is 0 Å². The number of rotatable bonds is 3. The summed E-state index contributed by atoms with van der Waals surface area (Å²) in [5.74, 6) is 0.412. The van der Waals surface area contributed by atoms with Gasteiger partial charge in [-0.25, -0.2) is 0 Å². The Hall–Kier alpha value is -2.31. The molecule has 1 saturated heterocycles. The Labute approximate surface area is 182 Å². The van der Waals surface area contributed by atoms with Crippen molar-refractivity contribution >= 4 is 0 Å². The summed E-state index contributed by atoms with van der Waals surface area (Å²) in [5.41, 5.74) is 4.86. The van der Waals surface area contributed by atoms with Crippen molar-refractivity contribution in [3.05, 3.63) is 64.2 Å². The maximum absolute atomic E-state index is 11.5. The first-order valence-corrected chi connectivity index (χ1v) is 11.1. The molecule has 2 aromatic carbocycles. The largest absolute Gasteiger partial charge is 0.507 e. The molecule has 1 atom stereocenters. The predicted octanol–water partition coefficient (Wildman–Crippen LogP) is 6.43. The molecule has 0 amide bonds. The first-order chi connectivity index (χ1) is 14.0. The maximum atomic E-state index is 11.5. The zero-order valence-electron chi connectivity index (χ0n) is 19.4. The number of hydrogen-bond acceptors (Lipinski definition) is 3. The molecule has 0 saturated carbocycles. The van der Waals surface area contributed by atoms with E-state index in [0.29, 0.717) is 11.3 Å². The molecular formula is C27H36N2O. The highest BCUT2D eigenvalue weighted by molar-refractivity contribution is 5.52. The van der Waals surface area contributed by atoms with E-state index in [4.69, 9.17) is 0 Å². The summed E-state index contributed by atoms with van der Waals surface area (Å²) in [5, 5.41) is 20.7.